The molecular weight excluding hydrogens is 335 g/mol. The Morgan fingerprint density at radius 2 is 2.00 bits per heavy atom. The monoisotopic (exact) mass is 356 g/mol. The maximum Gasteiger partial charge on any atom is 0.255 e. The molecule has 0 aliphatic rings. The number of benzene rings is 2. The second-order valence-corrected chi connectivity index (χ2v) is 6.23. The van der Waals surface area contributed by atoms with E-state index in [2.05, 4.69) is 5.32 Å². The summed E-state index contributed by atoms with van der Waals surface area (Å²) in [5, 5.41) is 3.26. The lowest BCUT2D eigenvalue weighted by Gasteiger charge is -2.11. The third-order valence-electron chi connectivity index (χ3n) is 4.19. The van der Waals surface area contributed by atoms with Crippen molar-refractivity contribution in [2.24, 2.45) is 5.73 Å². The lowest BCUT2D eigenvalue weighted by atomic mass is 10.0. The molecule has 136 valence electrons. The minimum absolute atomic E-state index is 0.0497. The second-order valence-electron chi connectivity index (χ2n) is 6.23. The summed E-state index contributed by atoms with van der Waals surface area (Å²) in [4.78, 5) is 12.5. The van der Waals surface area contributed by atoms with E-state index < -0.39 is 0 Å². The maximum absolute atomic E-state index is 13.3. The van der Waals surface area contributed by atoms with Crippen LogP contribution >= 0.6 is 0 Å². The maximum atomic E-state index is 13.3. The number of carbonyl (C=O) groups is 1. The summed E-state index contributed by atoms with van der Waals surface area (Å²) in [6, 6.07) is 9.41. The van der Waals surface area contributed by atoms with Crippen LogP contribution in [-0.2, 0) is 6.42 Å². The third kappa shape index (κ3) is 3.28. The average Bonchev–Trinajstić information content (AvgIpc) is 2.98. The van der Waals surface area contributed by atoms with Gasteiger partial charge in [0.15, 0.2) is 0 Å². The van der Waals surface area contributed by atoms with Gasteiger partial charge in [-0.25, -0.2) is 4.39 Å². The van der Waals surface area contributed by atoms with Gasteiger partial charge >= 0.3 is 0 Å². The molecule has 5 nitrogen and oxygen atoms in total. The largest absolute Gasteiger partial charge is 0.496 e. The van der Waals surface area contributed by atoms with Crippen LogP contribution in [0.3, 0.4) is 0 Å². The molecule has 0 aliphatic heterocycles. The Morgan fingerprint density at radius 3 is 2.58 bits per heavy atom. The summed E-state index contributed by atoms with van der Waals surface area (Å²) in [5.74, 6) is 0.392. The first-order valence-electron chi connectivity index (χ1n) is 8.31. The predicted molar refractivity (Wildman–Crippen MR) is 98.9 cm³/mol. The highest BCUT2D eigenvalue weighted by molar-refractivity contribution is 6.11. The molecule has 1 unspecified atom stereocenters. The summed E-state index contributed by atoms with van der Waals surface area (Å²) in [6.45, 7) is 1.91. The van der Waals surface area contributed by atoms with Crippen molar-refractivity contribution in [3.8, 4) is 17.1 Å². The van der Waals surface area contributed by atoms with Crippen LogP contribution in [0.1, 0.15) is 22.8 Å². The fourth-order valence-corrected chi connectivity index (χ4v) is 3.02. The van der Waals surface area contributed by atoms with E-state index in [1.807, 2.05) is 13.0 Å². The molecule has 0 aliphatic carbocycles. The van der Waals surface area contributed by atoms with Gasteiger partial charge in [-0.3, -0.25) is 4.79 Å². The van der Waals surface area contributed by atoms with E-state index in [0.717, 1.165) is 5.56 Å². The molecule has 0 bridgehead atoms. The molecule has 1 aromatic heterocycles. The predicted octanol–water partition coefficient (Wildman–Crippen LogP) is 3.50. The minimum atomic E-state index is -0.354. The number of amides is 1. The van der Waals surface area contributed by atoms with E-state index in [-0.39, 0.29) is 17.8 Å². The summed E-state index contributed by atoms with van der Waals surface area (Å²) in [6.07, 6.45) is 0.612. The Labute approximate surface area is 150 Å². The van der Waals surface area contributed by atoms with E-state index in [0.29, 0.717) is 40.0 Å². The van der Waals surface area contributed by atoms with Gasteiger partial charge in [-0.1, -0.05) is 0 Å². The van der Waals surface area contributed by atoms with Gasteiger partial charge in [0.1, 0.15) is 22.9 Å². The number of nitrogens with one attached hydrogen (secondary N) is 1. The van der Waals surface area contributed by atoms with Crippen molar-refractivity contribution in [3.63, 3.8) is 0 Å². The lowest BCUT2D eigenvalue weighted by molar-refractivity contribution is 0.0964. The van der Waals surface area contributed by atoms with Crippen molar-refractivity contribution in [3.05, 3.63) is 53.3 Å². The van der Waals surface area contributed by atoms with Crippen LogP contribution in [0.4, 0.5) is 4.39 Å². The molecule has 26 heavy (non-hydrogen) atoms. The van der Waals surface area contributed by atoms with Gasteiger partial charge in [-0.05, 0) is 55.3 Å². The Balaban J connectivity index is 2.27. The van der Waals surface area contributed by atoms with Crippen LogP contribution in [0.15, 0.2) is 40.8 Å². The Morgan fingerprint density at radius 1 is 1.31 bits per heavy atom. The highest BCUT2D eigenvalue weighted by Crippen LogP contribution is 2.37. The third-order valence-corrected chi connectivity index (χ3v) is 4.19. The van der Waals surface area contributed by atoms with Crippen molar-refractivity contribution in [2.75, 3.05) is 14.2 Å². The minimum Gasteiger partial charge on any atom is -0.496 e. The van der Waals surface area contributed by atoms with Crippen LogP contribution in [-0.4, -0.2) is 26.1 Å². The molecule has 1 heterocycles. The van der Waals surface area contributed by atoms with E-state index >= 15 is 0 Å². The van der Waals surface area contributed by atoms with Gasteiger partial charge in [-0.2, -0.15) is 0 Å². The molecule has 1 atom stereocenters. The summed E-state index contributed by atoms with van der Waals surface area (Å²) in [7, 11) is 3.13. The number of methoxy groups -OCH3 is 1. The average molecular weight is 356 g/mol. The van der Waals surface area contributed by atoms with Gasteiger partial charge in [0.25, 0.3) is 5.91 Å². The lowest BCUT2D eigenvalue weighted by Crippen LogP contribution is -2.19. The highest BCUT2D eigenvalue weighted by atomic mass is 19.1. The molecular formula is C20H21FN2O3. The molecule has 0 radical (unpaired) electrons. The van der Waals surface area contributed by atoms with Crippen LogP contribution in [0, 0.1) is 5.82 Å². The van der Waals surface area contributed by atoms with Crippen molar-refractivity contribution in [1.82, 2.24) is 5.32 Å². The zero-order chi connectivity index (χ0) is 18.8. The number of hydrogen-bond acceptors (Lipinski definition) is 4. The van der Waals surface area contributed by atoms with Gasteiger partial charge in [0, 0.05) is 24.0 Å². The van der Waals surface area contributed by atoms with Crippen LogP contribution in [0.5, 0.6) is 5.75 Å². The smallest absolute Gasteiger partial charge is 0.255 e. The van der Waals surface area contributed by atoms with Crippen molar-refractivity contribution < 1.29 is 18.3 Å². The molecule has 3 aromatic rings. The number of hydrogen-bond donors (Lipinski definition) is 2. The molecule has 6 heteroatoms. The normalized spacial score (nSPS) is 12.2. The van der Waals surface area contributed by atoms with Crippen LogP contribution in [0.2, 0.25) is 0 Å². The van der Waals surface area contributed by atoms with Crippen molar-refractivity contribution >= 4 is 16.9 Å². The van der Waals surface area contributed by atoms with Gasteiger partial charge in [-0.15, -0.1) is 0 Å². The number of ether oxygens (including phenoxy) is 1. The standard InChI is InChI=1S/C20H21FN2O3/c1-11(22)8-13-9-17-15(10-16(13)25-3)18(20(24)23-2)19(26-17)12-4-6-14(21)7-5-12/h4-7,9-11H,8,22H2,1-3H3,(H,23,24). The molecule has 0 saturated heterocycles. The van der Waals surface area contributed by atoms with E-state index in [1.165, 1.54) is 12.1 Å². The van der Waals surface area contributed by atoms with E-state index in [4.69, 9.17) is 14.9 Å². The molecule has 0 spiro atoms. The summed E-state index contributed by atoms with van der Waals surface area (Å²) < 4.78 is 24.7. The Bertz CT molecular complexity index is 946. The number of fused-ring (bicyclic) bond motifs is 1. The quantitative estimate of drug-likeness (QED) is 0.733. The Hall–Kier alpha value is -2.86. The van der Waals surface area contributed by atoms with Crippen molar-refractivity contribution in [1.29, 1.82) is 0 Å². The van der Waals surface area contributed by atoms with Gasteiger partial charge < -0.3 is 20.2 Å². The van der Waals surface area contributed by atoms with Crippen LogP contribution in [0.25, 0.3) is 22.3 Å². The molecule has 2 aromatic carbocycles. The fourth-order valence-electron chi connectivity index (χ4n) is 3.02. The molecule has 3 N–H and O–H groups in total. The van der Waals surface area contributed by atoms with Gasteiger partial charge in [0.05, 0.1) is 12.7 Å². The summed E-state index contributed by atoms with van der Waals surface area (Å²) in [5.41, 5.74) is 8.38. The summed E-state index contributed by atoms with van der Waals surface area (Å²) >= 11 is 0. The number of rotatable bonds is 5. The van der Waals surface area contributed by atoms with E-state index in [1.54, 1.807) is 32.4 Å². The Kier molecular flexibility index (Phi) is 4.95. The first-order valence-corrected chi connectivity index (χ1v) is 8.31. The zero-order valence-electron chi connectivity index (χ0n) is 14.9. The van der Waals surface area contributed by atoms with E-state index in [9.17, 15) is 9.18 Å². The second kappa shape index (κ2) is 7.17. The van der Waals surface area contributed by atoms with Crippen LogP contribution < -0.4 is 15.8 Å². The highest BCUT2D eigenvalue weighted by Gasteiger charge is 2.23. The first-order chi connectivity index (χ1) is 12.4. The van der Waals surface area contributed by atoms with Crippen molar-refractivity contribution in [2.45, 2.75) is 19.4 Å². The number of furan rings is 1. The molecule has 1 amide bonds. The topological polar surface area (TPSA) is 77.5 Å². The number of halogens is 1. The molecule has 3 rings (SSSR count). The SMILES string of the molecule is CNC(=O)c1c(-c2ccc(F)cc2)oc2cc(CC(C)N)c(OC)cc12. The van der Waals surface area contributed by atoms with Gasteiger partial charge in [0.2, 0.25) is 0 Å². The fraction of sp³-hybridized carbons (Fsp3) is 0.250. The number of nitrogens with two attached hydrogens (primary N) is 1. The zero-order valence-corrected chi connectivity index (χ0v) is 14.9. The number of carbonyl (C=O) groups excluding carboxylic acids is 1. The molecule has 0 fully saturated rings. The molecule has 0 saturated carbocycles. The first kappa shape index (κ1) is 17.9.